The van der Waals surface area contributed by atoms with E-state index in [2.05, 4.69) is 26.0 Å². The Hall–Kier alpha value is -0.730. The summed E-state index contributed by atoms with van der Waals surface area (Å²) in [5.41, 5.74) is 0. The van der Waals surface area contributed by atoms with Gasteiger partial charge in [-0.25, -0.2) is 4.68 Å². The van der Waals surface area contributed by atoms with Gasteiger partial charge in [0.05, 0.1) is 0 Å². The van der Waals surface area contributed by atoms with E-state index in [0.29, 0.717) is 0 Å². The van der Waals surface area contributed by atoms with Crippen LogP contribution in [0.4, 0.5) is 22.0 Å². The Kier molecular flexibility index (Phi) is 2.55. The molecule has 1 rings (SSSR count). The van der Waals surface area contributed by atoms with Crippen LogP contribution in [0.5, 0.6) is 0 Å². The van der Waals surface area contributed by atoms with Gasteiger partial charge in [-0.3, -0.25) is 0 Å². The van der Waals surface area contributed by atoms with Crippen molar-refractivity contribution in [2.24, 2.45) is 7.05 Å². The molecular formula is C5H3BrF5N3. The lowest BCUT2D eigenvalue weighted by molar-refractivity contribution is -0.292. The Morgan fingerprint density at radius 2 is 1.71 bits per heavy atom. The topological polar surface area (TPSA) is 30.7 Å². The molecule has 3 nitrogen and oxygen atoms in total. The molecule has 14 heavy (non-hydrogen) atoms. The minimum absolute atomic E-state index is 0.198. The molecule has 1 heterocycles. The number of hydrogen-bond acceptors (Lipinski definition) is 2. The Bertz CT molecular complexity index is 324. The van der Waals surface area contributed by atoms with Gasteiger partial charge in [0.1, 0.15) is 0 Å². The molecule has 0 amide bonds. The maximum atomic E-state index is 12.6. The van der Waals surface area contributed by atoms with Crippen LogP contribution in [0.3, 0.4) is 0 Å². The van der Waals surface area contributed by atoms with Gasteiger partial charge < -0.3 is 0 Å². The molecule has 0 aliphatic carbocycles. The molecular weight excluding hydrogens is 277 g/mol. The molecule has 0 saturated carbocycles. The standard InChI is InChI=1S/C5H3BrF5N3/c1-14-3(6)12-2(13-14)4(7,8)5(9,10)11/h1H3. The number of hydrogen-bond donors (Lipinski definition) is 0. The second-order valence-electron chi connectivity index (χ2n) is 2.40. The molecule has 0 aliphatic heterocycles. The molecule has 9 heteroatoms. The van der Waals surface area contributed by atoms with Crippen molar-refractivity contribution < 1.29 is 22.0 Å². The predicted octanol–water partition coefficient (Wildman–Crippen LogP) is 2.23. The van der Waals surface area contributed by atoms with Crippen LogP contribution < -0.4 is 0 Å². The van der Waals surface area contributed by atoms with Crippen LogP contribution in [0.1, 0.15) is 5.82 Å². The highest BCUT2D eigenvalue weighted by Crippen LogP contribution is 2.42. The fourth-order valence-electron chi connectivity index (χ4n) is 0.625. The quantitative estimate of drug-likeness (QED) is 0.738. The molecule has 80 valence electrons. The highest BCUT2D eigenvalue weighted by atomic mass is 79.9. The molecule has 1 aromatic rings. The molecule has 0 saturated heterocycles. The summed E-state index contributed by atoms with van der Waals surface area (Å²) in [7, 11) is 1.19. The first-order valence-corrected chi connectivity index (χ1v) is 3.97. The van der Waals surface area contributed by atoms with Crippen molar-refractivity contribution in [1.82, 2.24) is 14.8 Å². The van der Waals surface area contributed by atoms with Crippen LogP contribution >= 0.6 is 15.9 Å². The number of rotatable bonds is 1. The number of halogens is 6. The van der Waals surface area contributed by atoms with Gasteiger partial charge in [-0.2, -0.15) is 26.9 Å². The van der Waals surface area contributed by atoms with Crippen molar-refractivity contribution in [2.75, 3.05) is 0 Å². The van der Waals surface area contributed by atoms with Crippen LogP contribution in [0.15, 0.2) is 4.73 Å². The lowest BCUT2D eigenvalue weighted by atomic mass is 10.3. The molecule has 0 radical (unpaired) electrons. The molecule has 0 aromatic carbocycles. The van der Waals surface area contributed by atoms with Crippen LogP contribution in [0, 0.1) is 0 Å². The summed E-state index contributed by atoms with van der Waals surface area (Å²) in [4.78, 5) is 2.95. The molecule has 0 bridgehead atoms. The van der Waals surface area contributed by atoms with E-state index in [4.69, 9.17) is 0 Å². The Morgan fingerprint density at radius 1 is 1.21 bits per heavy atom. The summed E-state index contributed by atoms with van der Waals surface area (Å²) in [6.07, 6.45) is -5.69. The first-order chi connectivity index (χ1) is 6.16. The first kappa shape index (κ1) is 11.3. The van der Waals surface area contributed by atoms with Crippen molar-refractivity contribution in [2.45, 2.75) is 12.1 Å². The fourth-order valence-corrected chi connectivity index (χ4v) is 0.872. The van der Waals surface area contributed by atoms with E-state index in [1.807, 2.05) is 0 Å². The molecule has 0 aliphatic rings. The van der Waals surface area contributed by atoms with Gasteiger partial charge in [-0.1, -0.05) is 0 Å². The van der Waals surface area contributed by atoms with Crippen molar-refractivity contribution in [3.63, 3.8) is 0 Å². The van der Waals surface area contributed by atoms with Gasteiger partial charge in [0.25, 0.3) is 0 Å². The van der Waals surface area contributed by atoms with Crippen LogP contribution in [0.2, 0.25) is 0 Å². The third-order valence-corrected chi connectivity index (χ3v) is 2.04. The molecule has 1 aromatic heterocycles. The normalized spacial score (nSPS) is 13.4. The lowest BCUT2D eigenvalue weighted by Crippen LogP contribution is -2.34. The monoisotopic (exact) mass is 279 g/mol. The van der Waals surface area contributed by atoms with Gasteiger partial charge in [-0.05, 0) is 15.9 Å². The molecule has 0 atom stereocenters. The van der Waals surface area contributed by atoms with E-state index in [1.165, 1.54) is 7.05 Å². The van der Waals surface area contributed by atoms with Crippen molar-refractivity contribution in [1.29, 1.82) is 0 Å². The number of aromatic nitrogens is 3. The van der Waals surface area contributed by atoms with Crippen molar-refractivity contribution in [3.8, 4) is 0 Å². The molecule has 0 N–H and O–H groups in total. The van der Waals surface area contributed by atoms with Crippen molar-refractivity contribution >= 4 is 15.9 Å². The maximum absolute atomic E-state index is 12.6. The summed E-state index contributed by atoms with van der Waals surface area (Å²) in [5, 5.41) is 2.94. The van der Waals surface area contributed by atoms with E-state index < -0.39 is 17.9 Å². The predicted molar refractivity (Wildman–Crippen MR) is 38.7 cm³/mol. The number of nitrogens with zero attached hydrogens (tertiary/aromatic N) is 3. The smallest absolute Gasteiger partial charge is 0.243 e. The van der Waals surface area contributed by atoms with Gasteiger partial charge >= 0.3 is 12.1 Å². The van der Waals surface area contributed by atoms with Gasteiger partial charge in [0.2, 0.25) is 5.82 Å². The zero-order valence-corrected chi connectivity index (χ0v) is 8.20. The minimum atomic E-state index is -5.69. The fraction of sp³-hybridized carbons (Fsp3) is 0.600. The third-order valence-electron chi connectivity index (χ3n) is 1.35. The van der Waals surface area contributed by atoms with E-state index >= 15 is 0 Å². The lowest BCUT2D eigenvalue weighted by Gasteiger charge is -2.15. The SMILES string of the molecule is Cn1nc(C(F)(F)C(F)(F)F)nc1Br. The zero-order chi connectivity index (χ0) is 11.1. The molecule has 0 spiro atoms. The van der Waals surface area contributed by atoms with E-state index in [9.17, 15) is 22.0 Å². The van der Waals surface area contributed by atoms with E-state index in [-0.39, 0.29) is 4.73 Å². The average molecular weight is 280 g/mol. The van der Waals surface area contributed by atoms with Crippen LogP contribution in [0.25, 0.3) is 0 Å². The molecule has 0 unspecified atom stereocenters. The minimum Gasteiger partial charge on any atom is -0.243 e. The summed E-state index contributed by atoms with van der Waals surface area (Å²) in [6, 6.07) is 0. The number of aryl methyl sites for hydroxylation is 1. The Morgan fingerprint density at radius 3 is 2.00 bits per heavy atom. The van der Waals surface area contributed by atoms with Gasteiger partial charge in [-0.15, -0.1) is 5.10 Å². The van der Waals surface area contributed by atoms with Crippen LogP contribution in [-0.4, -0.2) is 20.9 Å². The summed E-state index contributed by atoms with van der Waals surface area (Å²) in [6.45, 7) is 0. The second kappa shape index (κ2) is 3.14. The Labute approximate surface area is 83.0 Å². The second-order valence-corrected chi connectivity index (χ2v) is 3.11. The number of alkyl halides is 5. The Balaban J connectivity index is 3.16. The highest BCUT2D eigenvalue weighted by Gasteiger charge is 2.61. The van der Waals surface area contributed by atoms with E-state index in [0.717, 1.165) is 4.68 Å². The van der Waals surface area contributed by atoms with Gasteiger partial charge in [0.15, 0.2) is 4.73 Å². The summed E-state index contributed by atoms with van der Waals surface area (Å²) < 4.78 is 61.1. The largest absolute Gasteiger partial charge is 0.461 e. The van der Waals surface area contributed by atoms with Crippen LogP contribution in [-0.2, 0) is 13.0 Å². The zero-order valence-electron chi connectivity index (χ0n) is 6.61. The van der Waals surface area contributed by atoms with E-state index in [1.54, 1.807) is 0 Å². The highest BCUT2D eigenvalue weighted by molar-refractivity contribution is 9.10. The summed E-state index contributed by atoms with van der Waals surface area (Å²) >= 11 is 2.66. The average Bonchev–Trinajstić information content (AvgIpc) is 2.30. The summed E-state index contributed by atoms with van der Waals surface area (Å²) in [5.74, 6) is -6.60. The third kappa shape index (κ3) is 1.72. The van der Waals surface area contributed by atoms with Crippen molar-refractivity contribution in [3.05, 3.63) is 10.6 Å². The van der Waals surface area contributed by atoms with Gasteiger partial charge in [0, 0.05) is 7.05 Å². The first-order valence-electron chi connectivity index (χ1n) is 3.18. The maximum Gasteiger partial charge on any atom is 0.461 e. The molecule has 0 fully saturated rings.